The van der Waals surface area contributed by atoms with Crippen LogP contribution in [0.25, 0.3) is 0 Å². The number of hydrogen-bond donors (Lipinski definition) is 0. The zero-order chi connectivity index (χ0) is 15.1. The van der Waals surface area contributed by atoms with E-state index in [1.54, 1.807) is 0 Å². The Labute approximate surface area is 124 Å². The van der Waals surface area contributed by atoms with Crippen molar-refractivity contribution in [2.45, 2.75) is 90.4 Å². The Kier molecular flexibility index (Phi) is 13.7. The van der Waals surface area contributed by atoms with Crippen LogP contribution < -0.4 is 0 Å². The molecule has 0 aliphatic heterocycles. The highest BCUT2D eigenvalue weighted by atomic mass is 32.3. The van der Waals surface area contributed by atoms with Crippen molar-refractivity contribution in [2.75, 3.05) is 6.61 Å². The fourth-order valence-corrected chi connectivity index (χ4v) is 2.60. The van der Waals surface area contributed by atoms with E-state index in [0.717, 1.165) is 12.8 Å². The van der Waals surface area contributed by atoms with Crippen LogP contribution in [0.3, 0.4) is 0 Å². The van der Waals surface area contributed by atoms with Crippen LogP contribution in [-0.2, 0) is 14.7 Å². The van der Waals surface area contributed by atoms with Gasteiger partial charge in [-0.1, -0.05) is 87.9 Å². The minimum Gasteiger partial charge on any atom is -0.245 e. The van der Waals surface area contributed by atoms with Gasteiger partial charge in [-0.25, -0.2) is 4.18 Å². The van der Waals surface area contributed by atoms with Gasteiger partial charge in [-0.3, -0.25) is 0 Å². The summed E-state index contributed by atoms with van der Waals surface area (Å²) < 4.78 is 36.1. The maximum atomic E-state index is 12.0. The summed E-state index contributed by atoms with van der Waals surface area (Å²) in [6.07, 6.45) is 15.8. The van der Waals surface area contributed by atoms with E-state index in [2.05, 4.69) is 11.1 Å². The largest absolute Gasteiger partial charge is 0.437 e. The highest BCUT2D eigenvalue weighted by molar-refractivity contribution is 7.81. The quantitative estimate of drug-likeness (QED) is 0.304. The van der Waals surface area contributed by atoms with Crippen LogP contribution in [0.5, 0.6) is 0 Å². The van der Waals surface area contributed by atoms with Crippen molar-refractivity contribution in [2.24, 2.45) is 0 Å². The summed E-state index contributed by atoms with van der Waals surface area (Å²) in [5.41, 5.74) is 0. The summed E-state index contributed by atoms with van der Waals surface area (Å²) in [5.74, 6) is 0. The minimum absolute atomic E-state index is 0.0312. The van der Waals surface area contributed by atoms with Gasteiger partial charge in [-0.2, -0.15) is 8.42 Å². The molecule has 0 atom stereocenters. The molecule has 0 aromatic carbocycles. The first-order chi connectivity index (χ1) is 9.56. The Morgan fingerprint density at radius 3 is 1.40 bits per heavy atom. The van der Waals surface area contributed by atoms with Crippen LogP contribution in [0.2, 0.25) is 0 Å². The average Bonchev–Trinajstić information content (AvgIpc) is 2.38. The molecule has 0 radical (unpaired) electrons. The van der Waals surface area contributed by atoms with E-state index < -0.39 is 10.5 Å². The van der Waals surface area contributed by atoms with E-state index >= 15 is 0 Å². The van der Waals surface area contributed by atoms with Gasteiger partial charge in [0, 0.05) is 0 Å². The molecule has 0 N–H and O–H groups in total. The molecule has 0 saturated carbocycles. The predicted molar refractivity (Wildman–Crippen MR) is 81.7 cm³/mol. The van der Waals surface area contributed by atoms with E-state index in [-0.39, 0.29) is 6.61 Å². The van der Waals surface area contributed by atoms with Crippen molar-refractivity contribution in [3.05, 3.63) is 0 Å². The van der Waals surface area contributed by atoms with E-state index in [0.29, 0.717) is 6.42 Å². The molecule has 0 aromatic heterocycles. The zero-order valence-electron chi connectivity index (χ0n) is 12.9. The maximum absolute atomic E-state index is 12.0. The van der Waals surface area contributed by atoms with Gasteiger partial charge < -0.3 is 0 Å². The van der Waals surface area contributed by atoms with Crippen LogP contribution in [0, 0.1) is 0 Å². The van der Waals surface area contributed by atoms with Crippen LogP contribution >= 0.6 is 0 Å². The van der Waals surface area contributed by atoms with Gasteiger partial charge in [-0.05, 0) is 6.42 Å². The van der Waals surface area contributed by atoms with Crippen molar-refractivity contribution in [3.63, 3.8) is 0 Å². The van der Waals surface area contributed by atoms with Gasteiger partial charge in [-0.15, -0.1) is 0 Å². The molecule has 0 rings (SSSR count). The molecule has 0 fully saturated rings. The monoisotopic (exact) mass is 310 g/mol. The molecule has 0 aromatic rings. The second-order valence-corrected chi connectivity index (χ2v) is 6.48. The van der Waals surface area contributed by atoms with Crippen LogP contribution in [0.4, 0.5) is 3.89 Å². The highest BCUT2D eigenvalue weighted by Gasteiger charge is 2.05. The fraction of sp³-hybridized carbons (Fsp3) is 1.00. The highest BCUT2D eigenvalue weighted by Crippen LogP contribution is 2.12. The first-order valence-corrected chi connectivity index (χ1v) is 9.46. The Morgan fingerprint density at radius 2 is 1.05 bits per heavy atom. The summed E-state index contributed by atoms with van der Waals surface area (Å²) in [6, 6.07) is 0. The molecule has 5 heteroatoms. The third kappa shape index (κ3) is 17.8. The van der Waals surface area contributed by atoms with Crippen molar-refractivity contribution in [1.82, 2.24) is 0 Å². The summed E-state index contributed by atoms with van der Waals surface area (Å²) in [6.45, 7) is 2.21. The smallest absolute Gasteiger partial charge is 0.245 e. The molecule has 0 heterocycles. The first kappa shape index (κ1) is 19.8. The average molecular weight is 310 g/mol. The third-order valence-electron chi connectivity index (χ3n) is 3.47. The van der Waals surface area contributed by atoms with Gasteiger partial charge in [0.05, 0.1) is 6.61 Å². The molecule has 0 unspecified atom stereocenters. The van der Waals surface area contributed by atoms with Crippen molar-refractivity contribution >= 4 is 10.5 Å². The Bertz CT molecular complexity index is 291. The van der Waals surface area contributed by atoms with Crippen molar-refractivity contribution in [1.29, 1.82) is 0 Å². The molecule has 0 bridgehead atoms. The Hall–Kier alpha value is -0.160. The summed E-state index contributed by atoms with van der Waals surface area (Å²) in [7, 11) is -4.74. The first-order valence-electron chi connectivity index (χ1n) is 8.15. The number of halogens is 1. The Balaban J connectivity index is 3.03. The molecule has 0 aliphatic rings. The van der Waals surface area contributed by atoms with Gasteiger partial charge in [0.25, 0.3) is 0 Å². The van der Waals surface area contributed by atoms with E-state index in [1.807, 2.05) is 0 Å². The SMILES string of the molecule is CCCCCCCCCCCCCCCOS(=O)(=O)F. The second-order valence-electron chi connectivity index (χ2n) is 5.46. The van der Waals surface area contributed by atoms with Gasteiger partial charge in [0.15, 0.2) is 0 Å². The number of hydrogen-bond acceptors (Lipinski definition) is 3. The van der Waals surface area contributed by atoms with Crippen molar-refractivity contribution in [3.8, 4) is 0 Å². The lowest BCUT2D eigenvalue weighted by Crippen LogP contribution is -2.00. The van der Waals surface area contributed by atoms with E-state index in [9.17, 15) is 12.3 Å². The Morgan fingerprint density at radius 1 is 0.700 bits per heavy atom. The lowest BCUT2D eigenvalue weighted by Gasteiger charge is -2.02. The lowest BCUT2D eigenvalue weighted by atomic mass is 10.0. The predicted octanol–water partition coefficient (Wildman–Crippen LogP) is 5.31. The topological polar surface area (TPSA) is 43.4 Å². The maximum Gasteiger partial charge on any atom is 0.437 e. The molecule has 0 aliphatic carbocycles. The molecule has 20 heavy (non-hydrogen) atoms. The van der Waals surface area contributed by atoms with Gasteiger partial charge >= 0.3 is 10.5 Å². The summed E-state index contributed by atoms with van der Waals surface area (Å²) in [4.78, 5) is 0. The van der Waals surface area contributed by atoms with E-state index in [4.69, 9.17) is 0 Å². The zero-order valence-corrected chi connectivity index (χ0v) is 13.7. The van der Waals surface area contributed by atoms with Gasteiger partial charge in [0.1, 0.15) is 0 Å². The lowest BCUT2D eigenvalue weighted by molar-refractivity contribution is 0.284. The van der Waals surface area contributed by atoms with Crippen LogP contribution in [-0.4, -0.2) is 15.0 Å². The van der Waals surface area contributed by atoms with Crippen molar-refractivity contribution < 1.29 is 16.5 Å². The summed E-state index contributed by atoms with van der Waals surface area (Å²) >= 11 is 0. The number of rotatable bonds is 15. The van der Waals surface area contributed by atoms with E-state index in [1.165, 1.54) is 64.2 Å². The molecule has 0 spiro atoms. The molecule has 122 valence electrons. The third-order valence-corrected chi connectivity index (χ3v) is 3.92. The standard InChI is InChI=1S/C15H31FO3S/c1-2-3-4-5-6-7-8-9-10-11-12-13-14-15-19-20(16,17)18/h2-15H2,1H3. The summed E-state index contributed by atoms with van der Waals surface area (Å²) in [5, 5.41) is 0. The minimum atomic E-state index is -4.74. The molecular weight excluding hydrogens is 279 g/mol. The fourth-order valence-electron chi connectivity index (χ4n) is 2.28. The molecule has 0 saturated heterocycles. The normalized spacial score (nSPS) is 11.9. The number of unbranched alkanes of at least 4 members (excludes halogenated alkanes) is 12. The van der Waals surface area contributed by atoms with Crippen LogP contribution in [0.1, 0.15) is 90.4 Å². The second kappa shape index (κ2) is 13.8. The molecule has 0 amide bonds. The molecule has 3 nitrogen and oxygen atoms in total. The van der Waals surface area contributed by atoms with Crippen LogP contribution in [0.15, 0.2) is 0 Å². The molecular formula is C15H31FO3S. The van der Waals surface area contributed by atoms with Gasteiger partial charge in [0.2, 0.25) is 0 Å².